The average molecular weight is 517 g/mol. The number of urea groups is 1. The van der Waals surface area contributed by atoms with E-state index in [-0.39, 0.29) is 6.54 Å². The van der Waals surface area contributed by atoms with Crippen molar-refractivity contribution < 1.29 is 14.3 Å². The van der Waals surface area contributed by atoms with Gasteiger partial charge in [-0.2, -0.15) is 10.3 Å². The number of nitrogens with one attached hydrogen (secondary N) is 1. The first kappa shape index (κ1) is 27.6. The van der Waals surface area contributed by atoms with Crippen LogP contribution in [0.15, 0.2) is 77.7 Å². The molecule has 3 rings (SSSR count). The van der Waals surface area contributed by atoms with Gasteiger partial charge in [0.25, 0.3) is 0 Å². The van der Waals surface area contributed by atoms with Crippen LogP contribution in [0.4, 0.5) is 21.0 Å². The normalized spacial score (nSPS) is 10.8. The highest BCUT2D eigenvalue weighted by atomic mass is 32.2. The molecule has 3 aromatic rings. The first-order valence-corrected chi connectivity index (χ1v) is 13.2. The predicted molar refractivity (Wildman–Crippen MR) is 150 cm³/mol. The maximum atomic E-state index is 13.5. The average Bonchev–Trinajstić information content (AvgIpc) is 2.88. The summed E-state index contributed by atoms with van der Waals surface area (Å²) in [4.78, 5) is 28.0. The van der Waals surface area contributed by atoms with Crippen molar-refractivity contribution in [2.75, 3.05) is 23.1 Å². The van der Waals surface area contributed by atoms with Crippen LogP contribution in [0.1, 0.15) is 39.7 Å². The van der Waals surface area contributed by atoms with E-state index in [1.165, 1.54) is 14.9 Å². The second-order valence-corrected chi connectivity index (χ2v) is 10.1. The lowest BCUT2D eigenvalue weighted by molar-refractivity contribution is 0.0492. The second-order valence-electron chi connectivity index (χ2n) is 9.29. The van der Waals surface area contributed by atoms with Crippen LogP contribution in [0, 0.1) is 11.3 Å². The number of nitrogens with zero attached hydrogens (tertiary/aromatic N) is 3. The van der Waals surface area contributed by atoms with Crippen LogP contribution >= 0.6 is 11.8 Å². The van der Waals surface area contributed by atoms with Crippen molar-refractivity contribution in [3.8, 4) is 17.2 Å². The minimum atomic E-state index is -0.778. The van der Waals surface area contributed by atoms with Crippen LogP contribution in [-0.2, 0) is 4.74 Å². The standard InChI is InChI=1S/C29H32N4O3S/c1-6-18-32(33(28(35)36-29(2,3)4)24-11-9-10-21(19-24)20-30)27(34)31-23-16-14-22(15-17-23)25-12-7-8-13-26(25)37-5/h7-17,19H,6,18H2,1-5H3,(H,31,34). The number of rotatable bonds is 6. The maximum Gasteiger partial charge on any atom is 0.434 e. The fourth-order valence-corrected chi connectivity index (χ4v) is 4.28. The number of hydrazine groups is 1. The predicted octanol–water partition coefficient (Wildman–Crippen LogP) is 7.55. The van der Waals surface area contributed by atoms with Crippen molar-refractivity contribution >= 4 is 35.3 Å². The molecule has 3 amide bonds. The number of thioether (sulfide) groups is 1. The maximum absolute atomic E-state index is 13.5. The molecule has 0 atom stereocenters. The van der Waals surface area contributed by atoms with Crippen molar-refractivity contribution in [3.05, 3.63) is 78.4 Å². The van der Waals surface area contributed by atoms with Gasteiger partial charge in [-0.15, -0.1) is 11.8 Å². The molecule has 1 N–H and O–H groups in total. The smallest absolute Gasteiger partial charge is 0.434 e. The third kappa shape index (κ3) is 7.28. The third-order valence-corrected chi connectivity index (χ3v) is 6.05. The van der Waals surface area contributed by atoms with E-state index in [1.807, 2.05) is 49.6 Å². The molecule has 0 spiro atoms. The molecular weight excluding hydrogens is 484 g/mol. The van der Waals surface area contributed by atoms with E-state index in [0.29, 0.717) is 23.4 Å². The highest BCUT2D eigenvalue weighted by Crippen LogP contribution is 2.31. The zero-order chi connectivity index (χ0) is 27.0. The number of nitriles is 1. The number of carbonyl (C=O) groups excluding carboxylic acids is 2. The number of amides is 3. The first-order valence-electron chi connectivity index (χ1n) is 12.0. The van der Waals surface area contributed by atoms with Crippen molar-refractivity contribution in [1.82, 2.24) is 5.01 Å². The topological polar surface area (TPSA) is 85.7 Å². The fraction of sp³-hybridized carbons (Fsp3) is 0.276. The van der Waals surface area contributed by atoms with E-state index in [1.54, 1.807) is 56.8 Å². The zero-order valence-corrected chi connectivity index (χ0v) is 22.6. The Bertz CT molecular complexity index is 1280. The molecule has 0 aromatic heterocycles. The van der Waals surface area contributed by atoms with E-state index >= 15 is 0 Å². The number of anilines is 2. The lowest BCUT2D eigenvalue weighted by atomic mass is 10.1. The summed E-state index contributed by atoms with van der Waals surface area (Å²) in [6.45, 7) is 7.44. The molecule has 192 valence electrons. The lowest BCUT2D eigenvalue weighted by Gasteiger charge is -2.35. The van der Waals surface area contributed by atoms with Gasteiger partial charge in [-0.05, 0) is 81.0 Å². The largest absolute Gasteiger partial charge is 0.442 e. The van der Waals surface area contributed by atoms with E-state index in [2.05, 4.69) is 23.5 Å². The molecular formula is C29H32N4O3S. The molecule has 7 nitrogen and oxygen atoms in total. The monoisotopic (exact) mass is 516 g/mol. The van der Waals surface area contributed by atoms with Crippen LogP contribution < -0.4 is 10.3 Å². The quantitative estimate of drug-likeness (QED) is 0.270. The van der Waals surface area contributed by atoms with E-state index < -0.39 is 17.7 Å². The Morgan fingerprint density at radius 3 is 2.35 bits per heavy atom. The van der Waals surface area contributed by atoms with Crippen LogP contribution in [0.25, 0.3) is 11.1 Å². The van der Waals surface area contributed by atoms with Gasteiger partial charge in [0.15, 0.2) is 0 Å². The molecule has 0 saturated heterocycles. The van der Waals surface area contributed by atoms with Gasteiger partial charge in [0.2, 0.25) is 0 Å². The molecule has 0 bridgehead atoms. The van der Waals surface area contributed by atoms with Crippen LogP contribution in [0.3, 0.4) is 0 Å². The van der Waals surface area contributed by atoms with Gasteiger partial charge in [0, 0.05) is 17.1 Å². The molecule has 0 heterocycles. The van der Waals surface area contributed by atoms with Crippen molar-refractivity contribution in [2.45, 2.75) is 44.6 Å². The van der Waals surface area contributed by atoms with Crippen molar-refractivity contribution in [3.63, 3.8) is 0 Å². The number of benzene rings is 3. The highest BCUT2D eigenvalue weighted by Gasteiger charge is 2.31. The molecule has 0 unspecified atom stereocenters. The molecule has 0 aliphatic heterocycles. The highest BCUT2D eigenvalue weighted by molar-refractivity contribution is 7.98. The van der Waals surface area contributed by atoms with Crippen LogP contribution in [0.2, 0.25) is 0 Å². The van der Waals surface area contributed by atoms with Gasteiger partial charge < -0.3 is 10.1 Å². The molecule has 0 radical (unpaired) electrons. The van der Waals surface area contributed by atoms with Gasteiger partial charge in [0.05, 0.1) is 17.3 Å². The molecule has 0 saturated carbocycles. The molecule has 0 aliphatic rings. The molecule has 3 aromatic carbocycles. The van der Waals surface area contributed by atoms with Gasteiger partial charge in [-0.25, -0.2) is 14.6 Å². The van der Waals surface area contributed by atoms with E-state index in [0.717, 1.165) is 11.1 Å². The molecule has 0 fully saturated rings. The Kier molecular flexibility index (Phi) is 9.20. The Labute approximate surface area is 223 Å². The van der Waals surface area contributed by atoms with E-state index in [9.17, 15) is 14.9 Å². The summed E-state index contributed by atoms with van der Waals surface area (Å²) in [6, 6.07) is 23.8. The van der Waals surface area contributed by atoms with Gasteiger partial charge in [-0.3, -0.25) is 0 Å². The summed E-state index contributed by atoms with van der Waals surface area (Å²) >= 11 is 1.68. The molecule has 0 aliphatic carbocycles. The Morgan fingerprint density at radius 2 is 1.73 bits per heavy atom. The summed E-state index contributed by atoms with van der Waals surface area (Å²) in [5.41, 5.74) is 2.70. The zero-order valence-electron chi connectivity index (χ0n) is 21.8. The Balaban J connectivity index is 1.91. The number of hydrogen-bond acceptors (Lipinski definition) is 5. The van der Waals surface area contributed by atoms with Gasteiger partial charge in [-0.1, -0.05) is 43.3 Å². The summed E-state index contributed by atoms with van der Waals surface area (Å²) < 4.78 is 5.62. The minimum absolute atomic E-state index is 0.251. The van der Waals surface area contributed by atoms with Crippen LogP contribution in [-0.4, -0.2) is 35.5 Å². The molecule has 8 heteroatoms. The van der Waals surface area contributed by atoms with Crippen molar-refractivity contribution in [2.24, 2.45) is 0 Å². The first-order chi connectivity index (χ1) is 17.7. The summed E-state index contributed by atoms with van der Waals surface area (Å²) in [5, 5.41) is 14.8. The van der Waals surface area contributed by atoms with Crippen molar-refractivity contribution in [1.29, 1.82) is 5.26 Å². The number of ether oxygens (including phenoxy) is 1. The van der Waals surface area contributed by atoms with Crippen LogP contribution in [0.5, 0.6) is 0 Å². The lowest BCUT2D eigenvalue weighted by Crippen LogP contribution is -2.53. The van der Waals surface area contributed by atoms with Gasteiger partial charge >= 0.3 is 12.1 Å². The number of carbonyl (C=O) groups is 2. The fourth-order valence-electron chi connectivity index (χ4n) is 3.66. The summed E-state index contributed by atoms with van der Waals surface area (Å²) in [6.07, 6.45) is 1.92. The second kappa shape index (κ2) is 12.3. The minimum Gasteiger partial charge on any atom is -0.442 e. The Morgan fingerprint density at radius 1 is 1.03 bits per heavy atom. The summed E-state index contributed by atoms with van der Waals surface area (Å²) in [5.74, 6) is 0. The number of hydrogen-bond donors (Lipinski definition) is 1. The Hall–Kier alpha value is -3.96. The molecule has 37 heavy (non-hydrogen) atoms. The third-order valence-electron chi connectivity index (χ3n) is 5.25. The SMILES string of the molecule is CCCN(C(=O)Nc1ccc(-c2ccccc2SC)cc1)N(C(=O)OC(C)(C)C)c1cccc(C#N)c1. The summed E-state index contributed by atoms with van der Waals surface area (Å²) in [7, 11) is 0. The van der Waals surface area contributed by atoms with E-state index in [4.69, 9.17) is 4.74 Å². The van der Waals surface area contributed by atoms with Gasteiger partial charge in [0.1, 0.15) is 5.60 Å².